The van der Waals surface area contributed by atoms with Crippen LogP contribution in [0, 0.1) is 12.7 Å². The monoisotopic (exact) mass is 493 g/mol. The van der Waals surface area contributed by atoms with E-state index >= 15 is 0 Å². The second-order valence-electron chi connectivity index (χ2n) is 7.70. The third-order valence-corrected chi connectivity index (χ3v) is 6.08. The van der Waals surface area contributed by atoms with Gasteiger partial charge in [0.2, 0.25) is 5.95 Å². The quantitative estimate of drug-likeness (QED) is 0.313. The number of nitrogens with zero attached hydrogens (tertiary/aromatic N) is 4. The van der Waals surface area contributed by atoms with Gasteiger partial charge in [0, 0.05) is 16.7 Å². The molecule has 0 fully saturated rings. The maximum absolute atomic E-state index is 14.6. The summed E-state index contributed by atoms with van der Waals surface area (Å²) in [5.41, 5.74) is 2.80. The lowest BCUT2D eigenvalue weighted by Gasteiger charge is -2.13. The van der Waals surface area contributed by atoms with Crippen LogP contribution >= 0.6 is 23.2 Å². The van der Waals surface area contributed by atoms with E-state index in [1.54, 1.807) is 42.5 Å². The predicted molar refractivity (Wildman–Crippen MR) is 132 cm³/mol. The maximum atomic E-state index is 14.6. The number of fused-ring (bicyclic) bond motifs is 1. The molecule has 0 bridgehead atoms. The molecule has 0 aliphatic heterocycles. The Bertz CT molecular complexity index is 1520. The molecule has 2 aromatic heterocycles. The fourth-order valence-corrected chi connectivity index (χ4v) is 4.24. The molecule has 0 atom stereocenters. The lowest BCUT2D eigenvalue weighted by molar-refractivity contribution is 0.102. The highest BCUT2D eigenvalue weighted by Crippen LogP contribution is 2.27. The van der Waals surface area contributed by atoms with Gasteiger partial charge in [0.15, 0.2) is 0 Å². The molecule has 0 saturated carbocycles. The number of nitrogens with one attached hydrogen (secondary N) is 1. The van der Waals surface area contributed by atoms with Crippen molar-refractivity contribution in [3.8, 4) is 5.95 Å². The van der Waals surface area contributed by atoms with Crippen LogP contribution in [-0.2, 0) is 6.54 Å². The summed E-state index contributed by atoms with van der Waals surface area (Å²) in [5.74, 6) is 0.00775. The Kier molecular flexibility index (Phi) is 5.81. The zero-order valence-corrected chi connectivity index (χ0v) is 19.5. The van der Waals surface area contributed by atoms with Gasteiger partial charge in [-0.1, -0.05) is 53.5 Å². The molecule has 1 N–H and O–H groups in total. The van der Waals surface area contributed by atoms with Crippen LogP contribution in [0.5, 0.6) is 0 Å². The molecular formula is C25H18Cl2FN5O. The van der Waals surface area contributed by atoms with E-state index in [0.29, 0.717) is 44.1 Å². The zero-order valence-electron chi connectivity index (χ0n) is 18.0. The van der Waals surface area contributed by atoms with Gasteiger partial charge < -0.3 is 9.88 Å². The minimum Gasteiger partial charge on any atom is -0.306 e. The molecule has 34 heavy (non-hydrogen) atoms. The van der Waals surface area contributed by atoms with E-state index in [1.807, 2.05) is 35.8 Å². The highest BCUT2D eigenvalue weighted by Gasteiger charge is 2.21. The SMILES string of the molecule is Cc1cc(NC(=O)c2ccccc2Cl)n(-c2nc3ccccc3n2Cc2c(F)cccc2Cl)n1. The van der Waals surface area contributed by atoms with Crippen LogP contribution in [0.1, 0.15) is 21.6 Å². The van der Waals surface area contributed by atoms with Gasteiger partial charge in [-0.15, -0.1) is 0 Å². The number of aryl methyl sites for hydroxylation is 1. The summed E-state index contributed by atoms with van der Waals surface area (Å²) in [6, 6.07) is 20.6. The first-order valence-electron chi connectivity index (χ1n) is 10.4. The minimum atomic E-state index is -0.417. The topological polar surface area (TPSA) is 64.7 Å². The number of imidazole rings is 1. The van der Waals surface area contributed by atoms with Crippen molar-refractivity contribution in [1.29, 1.82) is 0 Å². The summed E-state index contributed by atoms with van der Waals surface area (Å²) in [4.78, 5) is 17.7. The average Bonchev–Trinajstić information content (AvgIpc) is 3.36. The highest BCUT2D eigenvalue weighted by atomic mass is 35.5. The highest BCUT2D eigenvalue weighted by molar-refractivity contribution is 6.34. The van der Waals surface area contributed by atoms with Crippen molar-refractivity contribution in [1.82, 2.24) is 19.3 Å². The number of para-hydroxylation sites is 2. The van der Waals surface area contributed by atoms with Crippen LogP contribution in [0.15, 0.2) is 72.8 Å². The number of halogens is 3. The van der Waals surface area contributed by atoms with Crippen molar-refractivity contribution in [2.24, 2.45) is 0 Å². The summed E-state index contributed by atoms with van der Waals surface area (Å²) < 4.78 is 18.0. The van der Waals surface area contributed by atoms with Gasteiger partial charge in [-0.2, -0.15) is 9.78 Å². The first-order valence-corrected chi connectivity index (χ1v) is 11.2. The number of aromatic nitrogens is 4. The van der Waals surface area contributed by atoms with Crippen molar-refractivity contribution in [3.05, 3.63) is 105 Å². The summed E-state index contributed by atoms with van der Waals surface area (Å²) in [6.07, 6.45) is 0. The molecule has 0 spiro atoms. The third-order valence-electron chi connectivity index (χ3n) is 5.39. The number of hydrogen-bond acceptors (Lipinski definition) is 3. The number of carbonyl (C=O) groups is 1. The molecule has 9 heteroatoms. The number of amides is 1. The van der Waals surface area contributed by atoms with Gasteiger partial charge in [0.1, 0.15) is 11.6 Å². The zero-order chi connectivity index (χ0) is 23.8. The minimum absolute atomic E-state index is 0.123. The van der Waals surface area contributed by atoms with Gasteiger partial charge in [-0.05, 0) is 43.3 Å². The molecule has 0 unspecified atom stereocenters. The average molecular weight is 494 g/mol. The molecule has 2 heterocycles. The standard InChI is InChI=1S/C25H18Cl2FN5O/c1-15-13-23(30-24(34)16-7-2-3-8-18(16)26)33(31-15)25-29-21-11-4-5-12-22(21)32(25)14-17-19(27)9-6-10-20(17)28/h2-13H,14H2,1H3,(H,30,34). The first-order chi connectivity index (χ1) is 16.4. The normalized spacial score (nSPS) is 11.2. The van der Waals surface area contributed by atoms with Crippen molar-refractivity contribution >= 4 is 46.0 Å². The first kappa shape index (κ1) is 22.1. The fraction of sp³-hybridized carbons (Fsp3) is 0.0800. The number of anilines is 1. The Hall–Kier alpha value is -3.68. The molecule has 1 amide bonds. The van der Waals surface area contributed by atoms with Crippen molar-refractivity contribution < 1.29 is 9.18 Å². The molecule has 6 nitrogen and oxygen atoms in total. The van der Waals surface area contributed by atoms with Crippen molar-refractivity contribution in [2.75, 3.05) is 5.32 Å². The van der Waals surface area contributed by atoms with E-state index in [-0.39, 0.29) is 12.5 Å². The molecule has 0 saturated heterocycles. The van der Waals surface area contributed by atoms with E-state index < -0.39 is 5.82 Å². The Morgan fingerprint density at radius 3 is 2.53 bits per heavy atom. The second kappa shape index (κ2) is 8.93. The molecule has 0 aliphatic carbocycles. The predicted octanol–water partition coefficient (Wildman–Crippen LogP) is 6.28. The number of carbonyl (C=O) groups excluding carboxylic acids is 1. The largest absolute Gasteiger partial charge is 0.306 e. The molecule has 3 aromatic carbocycles. The Morgan fingerprint density at radius 1 is 1.00 bits per heavy atom. The maximum Gasteiger partial charge on any atom is 0.258 e. The fourth-order valence-electron chi connectivity index (χ4n) is 3.79. The van der Waals surface area contributed by atoms with Crippen LogP contribution < -0.4 is 5.32 Å². The Balaban J connectivity index is 1.63. The summed E-state index contributed by atoms with van der Waals surface area (Å²) in [6.45, 7) is 1.93. The van der Waals surface area contributed by atoms with Crippen LogP contribution in [0.25, 0.3) is 17.0 Å². The lowest BCUT2D eigenvalue weighted by Crippen LogP contribution is -2.18. The molecule has 170 valence electrons. The van der Waals surface area contributed by atoms with Crippen molar-refractivity contribution in [3.63, 3.8) is 0 Å². The lowest BCUT2D eigenvalue weighted by atomic mass is 10.2. The van der Waals surface area contributed by atoms with Crippen molar-refractivity contribution in [2.45, 2.75) is 13.5 Å². The van der Waals surface area contributed by atoms with Crippen LogP contribution in [0.2, 0.25) is 10.0 Å². The van der Waals surface area contributed by atoms with E-state index in [4.69, 9.17) is 28.2 Å². The third kappa shape index (κ3) is 4.04. The smallest absolute Gasteiger partial charge is 0.258 e. The number of rotatable bonds is 5. The molecule has 5 rings (SSSR count). The van der Waals surface area contributed by atoms with Gasteiger partial charge >= 0.3 is 0 Å². The van der Waals surface area contributed by atoms with Crippen LogP contribution in [0.4, 0.5) is 10.2 Å². The number of benzene rings is 3. The Labute approximate surface area is 204 Å². The van der Waals surface area contributed by atoms with Gasteiger partial charge in [-0.25, -0.2) is 9.37 Å². The van der Waals surface area contributed by atoms with E-state index in [1.165, 1.54) is 10.7 Å². The second-order valence-corrected chi connectivity index (χ2v) is 8.52. The Morgan fingerprint density at radius 2 is 1.74 bits per heavy atom. The van der Waals surface area contributed by atoms with Gasteiger partial charge in [0.25, 0.3) is 5.91 Å². The van der Waals surface area contributed by atoms with Gasteiger partial charge in [0.05, 0.1) is 33.9 Å². The van der Waals surface area contributed by atoms with Crippen LogP contribution in [0.3, 0.4) is 0 Å². The number of hydrogen-bond donors (Lipinski definition) is 1. The molecule has 5 aromatic rings. The summed E-state index contributed by atoms with van der Waals surface area (Å²) in [5, 5.41) is 8.07. The summed E-state index contributed by atoms with van der Waals surface area (Å²) in [7, 11) is 0. The molecule has 0 aliphatic rings. The van der Waals surface area contributed by atoms with Gasteiger partial charge in [-0.3, -0.25) is 4.79 Å². The molecule has 0 radical (unpaired) electrons. The van der Waals surface area contributed by atoms with E-state index in [9.17, 15) is 9.18 Å². The van der Waals surface area contributed by atoms with Crippen LogP contribution in [-0.4, -0.2) is 25.2 Å². The molecular weight excluding hydrogens is 476 g/mol. The summed E-state index contributed by atoms with van der Waals surface area (Å²) >= 11 is 12.5. The van der Waals surface area contributed by atoms with E-state index in [0.717, 1.165) is 5.52 Å². The van der Waals surface area contributed by atoms with E-state index in [2.05, 4.69) is 10.4 Å².